The summed E-state index contributed by atoms with van der Waals surface area (Å²) in [7, 11) is 1.75. The Morgan fingerprint density at radius 3 is 2.53 bits per heavy atom. The third kappa shape index (κ3) is 1.87. The zero-order chi connectivity index (χ0) is 11.9. The van der Waals surface area contributed by atoms with Crippen LogP contribution in [0, 0.1) is 6.92 Å². The molecule has 1 fully saturated rings. The normalized spacial score (nSPS) is 23.0. The van der Waals surface area contributed by atoms with E-state index in [1.165, 1.54) is 0 Å². The fourth-order valence-electron chi connectivity index (χ4n) is 1.95. The van der Waals surface area contributed by atoms with Crippen molar-refractivity contribution in [3.05, 3.63) is 17.5 Å². The minimum absolute atomic E-state index is 0. The van der Waals surface area contributed by atoms with Crippen LogP contribution in [0.4, 0.5) is 4.79 Å². The molecule has 1 atom stereocenters. The van der Waals surface area contributed by atoms with Gasteiger partial charge in [-0.1, -0.05) is 0 Å². The van der Waals surface area contributed by atoms with Crippen LogP contribution in [0.2, 0.25) is 0 Å². The number of aryl methyl sites for hydroxylation is 2. The lowest BCUT2D eigenvalue weighted by Crippen LogP contribution is -2.50. The first-order valence-electron chi connectivity index (χ1n) is 4.84. The van der Waals surface area contributed by atoms with Crippen molar-refractivity contribution >= 4 is 24.3 Å². The first-order chi connectivity index (χ1) is 7.49. The molecule has 0 aliphatic carbocycles. The maximum absolute atomic E-state index is 11.8. The highest BCUT2D eigenvalue weighted by molar-refractivity contribution is 6.07. The maximum Gasteiger partial charge on any atom is 0.322 e. The summed E-state index contributed by atoms with van der Waals surface area (Å²) in [5.74, 6) is -0.434. The lowest BCUT2D eigenvalue weighted by Gasteiger charge is -2.23. The molecule has 4 N–H and O–H groups in total. The Morgan fingerprint density at radius 1 is 1.53 bits per heavy atom. The summed E-state index contributed by atoms with van der Waals surface area (Å²) in [6, 6.07) is -0.529. The van der Waals surface area contributed by atoms with Gasteiger partial charge in [0.1, 0.15) is 0 Å². The molecule has 1 aliphatic rings. The second-order valence-electron chi connectivity index (χ2n) is 3.82. The van der Waals surface area contributed by atoms with Gasteiger partial charge in [-0.25, -0.2) is 4.79 Å². The van der Waals surface area contributed by atoms with E-state index in [4.69, 9.17) is 5.73 Å². The molecule has 0 spiro atoms. The van der Waals surface area contributed by atoms with Crippen LogP contribution < -0.4 is 16.4 Å². The number of carbonyl (C=O) groups is 2. The number of carbonyl (C=O) groups excluding carboxylic acids is 2. The first-order valence-corrected chi connectivity index (χ1v) is 4.84. The molecule has 3 amide bonds. The van der Waals surface area contributed by atoms with Crippen molar-refractivity contribution in [1.82, 2.24) is 20.4 Å². The predicted molar refractivity (Wildman–Crippen MR) is 62.6 cm³/mol. The summed E-state index contributed by atoms with van der Waals surface area (Å²) in [6.45, 7) is 1.77. The van der Waals surface area contributed by atoms with Crippen molar-refractivity contribution in [2.24, 2.45) is 12.8 Å². The van der Waals surface area contributed by atoms with Gasteiger partial charge in [0.15, 0.2) is 5.54 Å². The number of imide groups is 1. The van der Waals surface area contributed by atoms with Crippen LogP contribution in [0.5, 0.6) is 0 Å². The molecular formula is C9H14ClN5O2. The number of aromatic nitrogens is 2. The molecule has 2 heterocycles. The van der Waals surface area contributed by atoms with E-state index in [2.05, 4.69) is 15.7 Å². The summed E-state index contributed by atoms with van der Waals surface area (Å²) in [5, 5.41) is 8.88. The van der Waals surface area contributed by atoms with Gasteiger partial charge in [0.25, 0.3) is 5.91 Å². The molecule has 0 bridgehead atoms. The second-order valence-corrected chi connectivity index (χ2v) is 3.82. The van der Waals surface area contributed by atoms with Crippen molar-refractivity contribution in [2.45, 2.75) is 12.5 Å². The van der Waals surface area contributed by atoms with Crippen LogP contribution in [-0.4, -0.2) is 28.3 Å². The third-order valence-electron chi connectivity index (χ3n) is 2.72. The molecule has 1 aliphatic heterocycles. The van der Waals surface area contributed by atoms with E-state index in [0.29, 0.717) is 11.3 Å². The quantitative estimate of drug-likeness (QED) is 0.602. The van der Waals surface area contributed by atoms with E-state index < -0.39 is 17.5 Å². The number of nitrogens with zero attached hydrogens (tertiary/aromatic N) is 2. The monoisotopic (exact) mass is 259 g/mol. The van der Waals surface area contributed by atoms with Crippen LogP contribution in [0.1, 0.15) is 11.3 Å². The number of halogens is 1. The molecule has 1 aromatic rings. The van der Waals surface area contributed by atoms with Gasteiger partial charge in [0.05, 0.1) is 5.69 Å². The maximum atomic E-state index is 11.8. The number of nitrogens with one attached hydrogen (secondary N) is 2. The topological polar surface area (TPSA) is 102 Å². The molecule has 0 unspecified atom stereocenters. The van der Waals surface area contributed by atoms with Crippen molar-refractivity contribution in [3.8, 4) is 0 Å². The molecular weight excluding hydrogens is 246 g/mol. The van der Waals surface area contributed by atoms with Gasteiger partial charge in [0.2, 0.25) is 0 Å². The van der Waals surface area contributed by atoms with E-state index >= 15 is 0 Å². The molecule has 8 heteroatoms. The summed E-state index contributed by atoms with van der Waals surface area (Å²) in [4.78, 5) is 23.0. The van der Waals surface area contributed by atoms with Crippen LogP contribution in [0.15, 0.2) is 6.20 Å². The zero-order valence-electron chi connectivity index (χ0n) is 9.48. The molecule has 2 rings (SSSR count). The SMILES string of the molecule is Cc1nn(C)cc1[C@]1(CN)NC(=O)NC1=O.Cl. The molecule has 7 nitrogen and oxygen atoms in total. The van der Waals surface area contributed by atoms with Gasteiger partial charge in [-0.15, -0.1) is 12.4 Å². The standard InChI is InChI=1S/C9H13N5O2.ClH/c1-5-6(3-14(2)13-5)9(4-10)7(15)11-8(16)12-9;/h3H,4,10H2,1-2H3,(H2,11,12,15,16);1H/t9-;/m0./s1. The second kappa shape index (κ2) is 4.34. The van der Waals surface area contributed by atoms with E-state index in [9.17, 15) is 9.59 Å². The Bertz CT molecular complexity index is 472. The largest absolute Gasteiger partial charge is 0.327 e. The lowest BCUT2D eigenvalue weighted by molar-refractivity contribution is -0.124. The van der Waals surface area contributed by atoms with Crippen molar-refractivity contribution in [1.29, 1.82) is 0 Å². The smallest absolute Gasteiger partial charge is 0.322 e. The minimum Gasteiger partial charge on any atom is -0.327 e. The molecule has 0 aromatic carbocycles. The molecule has 17 heavy (non-hydrogen) atoms. The highest BCUT2D eigenvalue weighted by atomic mass is 35.5. The van der Waals surface area contributed by atoms with E-state index in [1.807, 2.05) is 0 Å². The Labute approximate surface area is 104 Å². The zero-order valence-corrected chi connectivity index (χ0v) is 10.3. The number of hydrogen-bond donors (Lipinski definition) is 3. The average molecular weight is 260 g/mol. The van der Waals surface area contributed by atoms with Crippen LogP contribution in [-0.2, 0) is 17.4 Å². The number of nitrogens with two attached hydrogens (primary N) is 1. The highest BCUT2D eigenvalue weighted by Gasteiger charge is 2.48. The Hall–Kier alpha value is -1.60. The van der Waals surface area contributed by atoms with Crippen LogP contribution in [0.25, 0.3) is 0 Å². The minimum atomic E-state index is -1.19. The third-order valence-corrected chi connectivity index (χ3v) is 2.72. The Kier molecular flexibility index (Phi) is 3.44. The fourth-order valence-corrected chi connectivity index (χ4v) is 1.95. The van der Waals surface area contributed by atoms with Gasteiger partial charge >= 0.3 is 6.03 Å². The number of hydrogen-bond acceptors (Lipinski definition) is 4. The first kappa shape index (κ1) is 13.5. The lowest BCUT2D eigenvalue weighted by atomic mass is 9.91. The van der Waals surface area contributed by atoms with Crippen molar-refractivity contribution in [2.75, 3.05) is 6.54 Å². The van der Waals surface area contributed by atoms with Gasteiger partial charge in [-0.2, -0.15) is 5.10 Å². The van der Waals surface area contributed by atoms with Crippen LogP contribution >= 0.6 is 12.4 Å². The molecule has 1 aromatic heterocycles. The van der Waals surface area contributed by atoms with Gasteiger partial charge in [-0.05, 0) is 6.92 Å². The van der Waals surface area contributed by atoms with E-state index in [-0.39, 0.29) is 19.0 Å². The molecule has 0 radical (unpaired) electrons. The summed E-state index contributed by atoms with van der Waals surface area (Å²) in [6.07, 6.45) is 1.69. The van der Waals surface area contributed by atoms with E-state index in [1.54, 1.807) is 24.9 Å². The van der Waals surface area contributed by atoms with Crippen molar-refractivity contribution < 1.29 is 9.59 Å². The van der Waals surface area contributed by atoms with Crippen molar-refractivity contribution in [3.63, 3.8) is 0 Å². The molecule has 1 saturated heterocycles. The number of rotatable bonds is 2. The average Bonchev–Trinajstić information content (AvgIpc) is 2.67. The number of amides is 3. The predicted octanol–water partition coefficient (Wildman–Crippen LogP) is -0.856. The fraction of sp³-hybridized carbons (Fsp3) is 0.444. The summed E-state index contributed by atoms with van der Waals surface area (Å²) >= 11 is 0. The molecule has 94 valence electrons. The van der Waals surface area contributed by atoms with Gasteiger partial charge < -0.3 is 11.1 Å². The Balaban J connectivity index is 0.00000144. The van der Waals surface area contributed by atoms with Gasteiger partial charge in [-0.3, -0.25) is 14.8 Å². The van der Waals surface area contributed by atoms with E-state index in [0.717, 1.165) is 0 Å². The number of urea groups is 1. The van der Waals surface area contributed by atoms with Crippen LogP contribution in [0.3, 0.4) is 0 Å². The molecule has 0 saturated carbocycles. The summed E-state index contributed by atoms with van der Waals surface area (Å²) < 4.78 is 1.58. The highest BCUT2D eigenvalue weighted by Crippen LogP contribution is 2.25. The Morgan fingerprint density at radius 2 is 2.18 bits per heavy atom. The summed E-state index contributed by atoms with van der Waals surface area (Å²) in [5.41, 5.74) is 5.73. The van der Waals surface area contributed by atoms with Gasteiger partial charge in [0, 0.05) is 25.4 Å².